The van der Waals surface area contributed by atoms with Gasteiger partial charge in [0.2, 0.25) is 5.91 Å². The van der Waals surface area contributed by atoms with E-state index in [-0.39, 0.29) is 10.8 Å². The molecule has 1 aromatic rings. The maximum Gasteiger partial charge on any atom is 0.264 e. The van der Waals surface area contributed by atoms with Crippen molar-refractivity contribution in [2.24, 2.45) is 5.92 Å². The summed E-state index contributed by atoms with van der Waals surface area (Å²) >= 11 is 0. The van der Waals surface area contributed by atoms with Gasteiger partial charge in [-0.1, -0.05) is 26.0 Å². The average Bonchev–Trinajstić information content (AvgIpc) is 2.17. The van der Waals surface area contributed by atoms with E-state index in [1.807, 2.05) is 4.72 Å². The van der Waals surface area contributed by atoms with Crippen LogP contribution in [0.5, 0.6) is 0 Å². The molecule has 0 unspecified atom stereocenters. The molecular weight excluding hydrogens is 226 g/mol. The van der Waals surface area contributed by atoms with Crippen molar-refractivity contribution in [3.8, 4) is 0 Å². The van der Waals surface area contributed by atoms with Gasteiger partial charge in [0.15, 0.2) is 0 Å². The number of aryl methyl sites for hydroxylation is 1. The molecule has 0 saturated heterocycles. The molecule has 88 valence electrons. The number of rotatable bonds is 3. The predicted molar refractivity (Wildman–Crippen MR) is 61.3 cm³/mol. The van der Waals surface area contributed by atoms with Crippen LogP contribution in [0.4, 0.5) is 0 Å². The average molecular weight is 241 g/mol. The van der Waals surface area contributed by atoms with E-state index in [0.717, 1.165) is 5.56 Å². The number of carbonyl (C=O) groups excluding carboxylic acids is 1. The van der Waals surface area contributed by atoms with Crippen molar-refractivity contribution in [3.63, 3.8) is 0 Å². The Labute approximate surface area is 95.7 Å². The smallest absolute Gasteiger partial charge is 0.264 e. The topological polar surface area (TPSA) is 63.2 Å². The summed E-state index contributed by atoms with van der Waals surface area (Å²) in [4.78, 5) is 11.4. The normalized spacial score (nSPS) is 11.5. The zero-order valence-corrected chi connectivity index (χ0v) is 10.3. The second kappa shape index (κ2) is 4.65. The summed E-state index contributed by atoms with van der Waals surface area (Å²) in [5, 5.41) is 0. The molecular formula is C11H15NO3S. The zero-order chi connectivity index (χ0) is 12.3. The van der Waals surface area contributed by atoms with Crippen molar-refractivity contribution in [1.29, 1.82) is 0 Å². The number of hydrogen-bond acceptors (Lipinski definition) is 3. The second-order valence-electron chi connectivity index (χ2n) is 3.94. The Balaban J connectivity index is 2.99. The van der Waals surface area contributed by atoms with Crippen molar-refractivity contribution < 1.29 is 13.2 Å². The van der Waals surface area contributed by atoms with E-state index in [1.165, 1.54) is 12.1 Å². The number of nitrogens with one attached hydrogen (secondary N) is 1. The van der Waals surface area contributed by atoms with Crippen LogP contribution in [0.25, 0.3) is 0 Å². The van der Waals surface area contributed by atoms with E-state index >= 15 is 0 Å². The molecule has 1 amide bonds. The highest BCUT2D eigenvalue weighted by atomic mass is 32.2. The van der Waals surface area contributed by atoms with E-state index in [2.05, 4.69) is 0 Å². The van der Waals surface area contributed by atoms with Gasteiger partial charge in [-0.3, -0.25) is 4.79 Å². The van der Waals surface area contributed by atoms with Crippen LogP contribution in [0.15, 0.2) is 29.2 Å². The highest BCUT2D eigenvalue weighted by Crippen LogP contribution is 2.11. The lowest BCUT2D eigenvalue weighted by Gasteiger charge is -2.09. The molecule has 0 spiro atoms. The summed E-state index contributed by atoms with van der Waals surface area (Å²) in [7, 11) is -3.73. The number of carbonyl (C=O) groups is 1. The third-order valence-electron chi connectivity index (χ3n) is 2.06. The Morgan fingerprint density at radius 2 is 1.94 bits per heavy atom. The Morgan fingerprint density at radius 1 is 1.31 bits per heavy atom. The van der Waals surface area contributed by atoms with Crippen LogP contribution >= 0.6 is 0 Å². The molecule has 0 aliphatic heterocycles. The van der Waals surface area contributed by atoms with E-state index in [0.29, 0.717) is 0 Å². The van der Waals surface area contributed by atoms with Gasteiger partial charge in [0.05, 0.1) is 4.90 Å². The molecule has 0 aliphatic rings. The van der Waals surface area contributed by atoms with Crippen LogP contribution < -0.4 is 4.72 Å². The fourth-order valence-corrected chi connectivity index (χ4v) is 2.31. The van der Waals surface area contributed by atoms with Gasteiger partial charge in [0.1, 0.15) is 0 Å². The molecule has 0 atom stereocenters. The lowest BCUT2D eigenvalue weighted by atomic mass is 10.2. The first-order valence-electron chi connectivity index (χ1n) is 4.96. The molecule has 0 fully saturated rings. The first-order chi connectivity index (χ1) is 7.33. The fraction of sp³-hybridized carbons (Fsp3) is 0.364. The maximum absolute atomic E-state index is 11.8. The minimum absolute atomic E-state index is 0.113. The third kappa shape index (κ3) is 3.06. The number of hydrogen-bond donors (Lipinski definition) is 1. The van der Waals surface area contributed by atoms with Gasteiger partial charge < -0.3 is 0 Å². The molecule has 0 heterocycles. The molecule has 0 bridgehead atoms. The second-order valence-corrected chi connectivity index (χ2v) is 5.62. The number of amides is 1. The summed E-state index contributed by atoms with van der Waals surface area (Å²) in [6, 6.07) is 6.42. The van der Waals surface area contributed by atoms with Crippen molar-refractivity contribution in [3.05, 3.63) is 29.8 Å². The van der Waals surface area contributed by atoms with Crippen LogP contribution in [0, 0.1) is 12.8 Å². The van der Waals surface area contributed by atoms with Crippen LogP contribution in [0.3, 0.4) is 0 Å². The highest BCUT2D eigenvalue weighted by molar-refractivity contribution is 7.90. The summed E-state index contributed by atoms with van der Waals surface area (Å²) in [6.07, 6.45) is 0. The lowest BCUT2D eigenvalue weighted by Crippen LogP contribution is -2.33. The van der Waals surface area contributed by atoms with Crippen molar-refractivity contribution in [1.82, 2.24) is 4.72 Å². The van der Waals surface area contributed by atoms with E-state index in [4.69, 9.17) is 0 Å². The number of sulfonamides is 1. The molecule has 0 radical (unpaired) electrons. The fourth-order valence-electron chi connectivity index (χ4n) is 1.09. The summed E-state index contributed by atoms with van der Waals surface area (Å²) in [5.74, 6) is -0.860. The van der Waals surface area contributed by atoms with Gasteiger partial charge >= 0.3 is 0 Å². The molecule has 16 heavy (non-hydrogen) atoms. The van der Waals surface area contributed by atoms with E-state index < -0.39 is 15.9 Å². The zero-order valence-electron chi connectivity index (χ0n) is 9.52. The van der Waals surface area contributed by atoms with E-state index in [9.17, 15) is 13.2 Å². The summed E-state index contributed by atoms with van der Waals surface area (Å²) in [6.45, 7) is 5.07. The Kier molecular flexibility index (Phi) is 3.70. The lowest BCUT2D eigenvalue weighted by molar-refractivity contribution is -0.122. The molecule has 0 saturated carbocycles. The van der Waals surface area contributed by atoms with Gasteiger partial charge in [-0.25, -0.2) is 13.1 Å². The molecule has 1 aromatic carbocycles. The quantitative estimate of drug-likeness (QED) is 0.871. The van der Waals surface area contributed by atoms with Crippen LogP contribution in [-0.2, 0) is 14.8 Å². The standard InChI is InChI=1S/C11H15NO3S/c1-8(2)11(13)12-16(14,15)10-6-4-5-9(3)7-10/h4-8H,1-3H3,(H,12,13). The monoisotopic (exact) mass is 241 g/mol. The van der Waals surface area contributed by atoms with Crippen molar-refractivity contribution in [2.45, 2.75) is 25.7 Å². The van der Waals surface area contributed by atoms with Crippen LogP contribution in [0.2, 0.25) is 0 Å². The largest absolute Gasteiger partial charge is 0.274 e. The Hall–Kier alpha value is -1.36. The van der Waals surface area contributed by atoms with Gasteiger partial charge in [-0.05, 0) is 24.6 Å². The van der Waals surface area contributed by atoms with Gasteiger partial charge in [-0.2, -0.15) is 0 Å². The molecule has 4 nitrogen and oxygen atoms in total. The van der Waals surface area contributed by atoms with Gasteiger partial charge in [-0.15, -0.1) is 0 Å². The molecule has 5 heteroatoms. The van der Waals surface area contributed by atoms with Crippen LogP contribution in [-0.4, -0.2) is 14.3 Å². The number of benzene rings is 1. The molecule has 1 rings (SSSR count). The minimum Gasteiger partial charge on any atom is -0.274 e. The Morgan fingerprint density at radius 3 is 2.44 bits per heavy atom. The predicted octanol–water partition coefficient (Wildman–Crippen LogP) is 1.46. The van der Waals surface area contributed by atoms with Crippen molar-refractivity contribution >= 4 is 15.9 Å². The van der Waals surface area contributed by atoms with Gasteiger partial charge in [0, 0.05) is 5.92 Å². The molecule has 0 aliphatic carbocycles. The van der Waals surface area contributed by atoms with Crippen molar-refractivity contribution in [2.75, 3.05) is 0 Å². The molecule has 1 N–H and O–H groups in total. The summed E-state index contributed by atoms with van der Waals surface area (Å²) in [5.41, 5.74) is 0.833. The van der Waals surface area contributed by atoms with Crippen LogP contribution in [0.1, 0.15) is 19.4 Å². The van der Waals surface area contributed by atoms with E-state index in [1.54, 1.807) is 32.9 Å². The third-order valence-corrected chi connectivity index (χ3v) is 3.40. The Bertz CT molecular complexity index is 492. The maximum atomic E-state index is 11.8. The highest BCUT2D eigenvalue weighted by Gasteiger charge is 2.19. The van der Waals surface area contributed by atoms with Gasteiger partial charge in [0.25, 0.3) is 10.0 Å². The molecule has 0 aromatic heterocycles. The first kappa shape index (κ1) is 12.7. The first-order valence-corrected chi connectivity index (χ1v) is 6.44. The SMILES string of the molecule is Cc1cccc(S(=O)(=O)NC(=O)C(C)C)c1. The summed E-state index contributed by atoms with van der Waals surface area (Å²) < 4.78 is 25.6. The minimum atomic E-state index is -3.73.